The molecular formula is C18H22O7S2. The first-order valence-electron chi connectivity index (χ1n) is 8.29. The summed E-state index contributed by atoms with van der Waals surface area (Å²) in [5.41, 5.74) is 0. The van der Waals surface area contributed by atoms with Crippen LogP contribution in [0, 0.1) is 0 Å². The van der Waals surface area contributed by atoms with E-state index in [0.717, 1.165) is 0 Å². The van der Waals surface area contributed by atoms with Crippen molar-refractivity contribution in [3.8, 4) is 11.5 Å². The van der Waals surface area contributed by atoms with Crippen molar-refractivity contribution in [3.63, 3.8) is 0 Å². The molecule has 9 heteroatoms. The summed E-state index contributed by atoms with van der Waals surface area (Å²) in [5.74, 6) is -0.360. The Labute approximate surface area is 159 Å². The monoisotopic (exact) mass is 414 g/mol. The second-order valence-electron chi connectivity index (χ2n) is 5.96. The fraction of sp³-hybridized carbons (Fsp3) is 0.333. The number of hydrogen-bond acceptors (Lipinski definition) is 7. The Balaban J connectivity index is 1.96. The molecule has 2 aromatic carbocycles. The minimum Gasteiger partial charge on any atom is -0.508 e. The van der Waals surface area contributed by atoms with E-state index in [4.69, 9.17) is 4.74 Å². The summed E-state index contributed by atoms with van der Waals surface area (Å²) in [5, 5.41) is 17.7. The summed E-state index contributed by atoms with van der Waals surface area (Å²) in [6, 6.07) is 10.4. The van der Waals surface area contributed by atoms with Gasteiger partial charge in [-0.1, -0.05) is 6.92 Å². The second kappa shape index (κ2) is 8.73. The maximum Gasteiger partial charge on any atom is 0.183 e. The van der Waals surface area contributed by atoms with Crippen LogP contribution in [0.4, 0.5) is 0 Å². The molecule has 148 valence electrons. The van der Waals surface area contributed by atoms with E-state index < -0.39 is 24.9 Å². The number of benzene rings is 2. The summed E-state index contributed by atoms with van der Waals surface area (Å²) in [7, 11) is -7.24. The van der Waals surface area contributed by atoms with Crippen molar-refractivity contribution in [2.75, 3.05) is 19.0 Å². The van der Waals surface area contributed by atoms with Gasteiger partial charge in [-0.3, -0.25) is 0 Å². The average Bonchev–Trinajstić information content (AvgIpc) is 2.62. The number of phenols is 2. The first kappa shape index (κ1) is 21.2. The minimum absolute atomic E-state index is 0.0299. The van der Waals surface area contributed by atoms with Crippen LogP contribution in [0.2, 0.25) is 0 Å². The molecule has 0 bridgehead atoms. The average molecular weight is 415 g/mol. The molecule has 0 spiro atoms. The molecule has 0 aromatic heterocycles. The van der Waals surface area contributed by atoms with Crippen LogP contribution in [0.1, 0.15) is 13.3 Å². The first-order chi connectivity index (χ1) is 12.7. The van der Waals surface area contributed by atoms with Gasteiger partial charge in [0.25, 0.3) is 0 Å². The summed E-state index contributed by atoms with van der Waals surface area (Å²) in [6.07, 6.45) is 0.300. The Kier molecular flexibility index (Phi) is 6.85. The van der Waals surface area contributed by atoms with E-state index in [1.807, 2.05) is 0 Å². The molecule has 2 rings (SSSR count). The molecule has 0 fully saturated rings. The van der Waals surface area contributed by atoms with Crippen LogP contribution in [0.25, 0.3) is 0 Å². The standard InChI is InChI=1S/C18H22O7S2/c1-2-16(27(23,24)18-9-5-15(20)6-10-18)13-25-11-12-26(21,22)17-7-3-14(19)4-8-17/h3-10,16,19-20H,2,11-13H2,1H3. The summed E-state index contributed by atoms with van der Waals surface area (Å²) in [4.78, 5) is 0.139. The van der Waals surface area contributed by atoms with Gasteiger partial charge >= 0.3 is 0 Å². The highest BCUT2D eigenvalue weighted by molar-refractivity contribution is 7.92. The van der Waals surface area contributed by atoms with E-state index in [9.17, 15) is 27.0 Å². The summed E-state index contributed by atoms with van der Waals surface area (Å²) < 4.78 is 55.0. The molecule has 0 saturated carbocycles. The van der Waals surface area contributed by atoms with E-state index in [-0.39, 0.29) is 40.3 Å². The molecular weight excluding hydrogens is 392 g/mol. The fourth-order valence-electron chi connectivity index (χ4n) is 2.41. The first-order valence-corrected chi connectivity index (χ1v) is 11.5. The predicted molar refractivity (Wildman–Crippen MR) is 100 cm³/mol. The SMILES string of the molecule is CCC(COCCS(=O)(=O)c1ccc(O)cc1)S(=O)(=O)c1ccc(O)cc1. The van der Waals surface area contributed by atoms with Crippen molar-refractivity contribution in [1.82, 2.24) is 0 Å². The van der Waals surface area contributed by atoms with Crippen molar-refractivity contribution in [2.45, 2.75) is 28.4 Å². The van der Waals surface area contributed by atoms with Crippen LogP contribution in [0.15, 0.2) is 58.3 Å². The van der Waals surface area contributed by atoms with Crippen molar-refractivity contribution >= 4 is 19.7 Å². The number of aromatic hydroxyl groups is 2. The molecule has 0 heterocycles. The van der Waals surface area contributed by atoms with Gasteiger partial charge in [-0.15, -0.1) is 0 Å². The molecule has 1 unspecified atom stereocenters. The maximum atomic E-state index is 12.6. The second-order valence-corrected chi connectivity index (χ2v) is 10.3. The highest BCUT2D eigenvalue weighted by atomic mass is 32.2. The van der Waals surface area contributed by atoms with Crippen molar-refractivity contribution < 1.29 is 31.8 Å². The third-order valence-corrected chi connectivity index (χ3v) is 8.03. The Morgan fingerprint density at radius 2 is 1.33 bits per heavy atom. The molecule has 0 aliphatic rings. The van der Waals surface area contributed by atoms with Crippen molar-refractivity contribution in [1.29, 1.82) is 0 Å². The number of rotatable bonds is 9. The molecule has 27 heavy (non-hydrogen) atoms. The molecule has 0 aliphatic carbocycles. The Bertz CT molecular complexity index is 948. The predicted octanol–water partition coefficient (Wildman–Crippen LogP) is 2.14. The van der Waals surface area contributed by atoms with Gasteiger partial charge in [0.05, 0.1) is 34.0 Å². The lowest BCUT2D eigenvalue weighted by Crippen LogP contribution is -2.27. The third-order valence-electron chi connectivity index (χ3n) is 4.06. The Hall–Kier alpha value is -2.10. The Morgan fingerprint density at radius 1 is 0.852 bits per heavy atom. The van der Waals surface area contributed by atoms with Crippen LogP contribution in [-0.4, -0.2) is 51.3 Å². The minimum atomic E-state index is -3.65. The van der Waals surface area contributed by atoms with E-state index >= 15 is 0 Å². The van der Waals surface area contributed by atoms with Crippen LogP contribution in [0.3, 0.4) is 0 Å². The third kappa shape index (κ3) is 5.44. The number of sulfone groups is 2. The highest BCUT2D eigenvalue weighted by Crippen LogP contribution is 2.21. The number of hydrogen-bond donors (Lipinski definition) is 2. The van der Waals surface area contributed by atoms with E-state index in [1.54, 1.807) is 6.92 Å². The molecule has 0 radical (unpaired) electrons. The van der Waals surface area contributed by atoms with E-state index in [0.29, 0.717) is 6.42 Å². The Morgan fingerprint density at radius 3 is 1.81 bits per heavy atom. The van der Waals surface area contributed by atoms with Crippen molar-refractivity contribution in [3.05, 3.63) is 48.5 Å². The molecule has 2 aromatic rings. The van der Waals surface area contributed by atoms with Crippen molar-refractivity contribution in [2.24, 2.45) is 0 Å². The number of phenolic OH excluding ortho intramolecular Hbond substituents is 2. The maximum absolute atomic E-state index is 12.6. The zero-order valence-corrected chi connectivity index (χ0v) is 16.4. The van der Waals surface area contributed by atoms with Gasteiger partial charge in [-0.25, -0.2) is 16.8 Å². The van der Waals surface area contributed by atoms with Gasteiger partial charge in [-0.2, -0.15) is 0 Å². The van der Waals surface area contributed by atoms with Gasteiger partial charge < -0.3 is 14.9 Å². The zero-order valence-electron chi connectivity index (χ0n) is 14.8. The van der Waals surface area contributed by atoms with Gasteiger partial charge in [0.2, 0.25) is 0 Å². The van der Waals surface area contributed by atoms with Crippen LogP contribution in [0.5, 0.6) is 11.5 Å². The molecule has 1 atom stereocenters. The van der Waals surface area contributed by atoms with Gasteiger partial charge in [-0.05, 0) is 55.0 Å². The smallest absolute Gasteiger partial charge is 0.183 e. The summed E-state index contributed by atoms with van der Waals surface area (Å²) in [6.45, 7) is 1.43. The van der Waals surface area contributed by atoms with Gasteiger partial charge in [0.15, 0.2) is 19.7 Å². The largest absolute Gasteiger partial charge is 0.508 e. The molecule has 0 amide bonds. The summed E-state index contributed by atoms with van der Waals surface area (Å²) >= 11 is 0. The highest BCUT2D eigenvalue weighted by Gasteiger charge is 2.26. The topological polar surface area (TPSA) is 118 Å². The fourth-order valence-corrected chi connectivity index (χ4v) is 5.15. The normalized spacial score (nSPS) is 13.4. The lowest BCUT2D eigenvalue weighted by Gasteiger charge is -2.16. The lowest BCUT2D eigenvalue weighted by molar-refractivity contribution is 0.147. The molecule has 0 aliphatic heterocycles. The van der Waals surface area contributed by atoms with E-state index in [2.05, 4.69) is 0 Å². The van der Waals surface area contributed by atoms with E-state index in [1.165, 1.54) is 48.5 Å². The zero-order chi connectivity index (χ0) is 20.1. The number of ether oxygens (including phenoxy) is 1. The quantitative estimate of drug-likeness (QED) is 0.604. The molecule has 7 nitrogen and oxygen atoms in total. The van der Waals surface area contributed by atoms with Crippen LogP contribution in [-0.2, 0) is 24.4 Å². The molecule has 2 N–H and O–H groups in total. The molecule has 0 saturated heterocycles. The van der Waals surface area contributed by atoms with Crippen LogP contribution >= 0.6 is 0 Å². The lowest BCUT2D eigenvalue weighted by atomic mass is 10.3. The van der Waals surface area contributed by atoms with Crippen LogP contribution < -0.4 is 0 Å². The van der Waals surface area contributed by atoms with Gasteiger partial charge in [0.1, 0.15) is 11.5 Å². The van der Waals surface area contributed by atoms with Gasteiger partial charge in [0, 0.05) is 0 Å².